The maximum absolute atomic E-state index is 11.2. The first-order valence-corrected chi connectivity index (χ1v) is 11.1. The first kappa shape index (κ1) is 20.7. The molecular weight excluding hydrogens is 300 g/mol. The third-order valence-corrected chi connectivity index (χ3v) is 4.24. The Balaban J connectivity index is 0.00000122. The quantitative estimate of drug-likeness (QED) is 0.777. The summed E-state index contributed by atoms with van der Waals surface area (Å²) in [5.41, 5.74) is 0.248. The van der Waals surface area contributed by atoms with Crippen molar-refractivity contribution in [2.75, 3.05) is 0 Å². The van der Waals surface area contributed by atoms with Gasteiger partial charge in [0.05, 0.1) is 0 Å². The molecule has 1 saturated carbocycles. The Morgan fingerprint density at radius 2 is 1.33 bits per heavy atom. The molecule has 0 radical (unpaired) electrons. The Kier molecular flexibility index (Phi) is 10.2. The molecule has 0 aliphatic heterocycles. The van der Waals surface area contributed by atoms with Crippen LogP contribution in [0.1, 0.15) is 59.8 Å². The summed E-state index contributed by atoms with van der Waals surface area (Å²) in [6.07, 6.45) is 5.08. The molecule has 0 aromatic heterocycles. The molecule has 122 valence electrons. The van der Waals surface area contributed by atoms with Gasteiger partial charge in [0.2, 0.25) is 11.8 Å². The number of amides is 2. The zero-order chi connectivity index (χ0) is 16.5. The zero-order valence-electron chi connectivity index (χ0n) is 14.5. The molecule has 1 aliphatic carbocycles. The molecule has 5 heteroatoms. The Hall–Kier alpha value is -0.346. The third kappa shape index (κ3) is 8.01. The van der Waals surface area contributed by atoms with Crippen LogP contribution in [0.4, 0.5) is 0 Å². The van der Waals surface area contributed by atoms with Crippen LogP contribution in [-0.2, 0) is 28.7 Å². The van der Waals surface area contributed by atoms with E-state index in [9.17, 15) is 9.59 Å². The molecule has 1 fully saturated rings. The molecule has 0 spiro atoms. The summed E-state index contributed by atoms with van der Waals surface area (Å²) in [5, 5.41) is 10.5. The molecule has 0 heterocycles. The van der Waals surface area contributed by atoms with Crippen LogP contribution < -0.4 is 10.6 Å². The predicted molar refractivity (Wildman–Crippen MR) is 83.8 cm³/mol. The first-order chi connectivity index (χ1) is 9.82. The van der Waals surface area contributed by atoms with Gasteiger partial charge in [-0.3, -0.25) is 9.59 Å². The predicted octanol–water partition coefficient (Wildman–Crippen LogP) is 3.15. The van der Waals surface area contributed by atoms with Crippen molar-refractivity contribution < 1.29 is 28.7 Å². The van der Waals surface area contributed by atoms with E-state index in [-0.39, 0.29) is 29.3 Å². The van der Waals surface area contributed by atoms with Crippen LogP contribution in [0.5, 0.6) is 0 Å². The molecule has 1 aliphatic rings. The van der Waals surface area contributed by atoms with Crippen molar-refractivity contribution in [3.8, 4) is 0 Å². The molecule has 21 heavy (non-hydrogen) atoms. The monoisotopic (exact) mass is 332 g/mol. The summed E-state index contributed by atoms with van der Waals surface area (Å²) in [5.74, 6) is 0.0363. The van der Waals surface area contributed by atoms with Crippen molar-refractivity contribution in [3.05, 3.63) is 0 Å². The Labute approximate surface area is 139 Å². The van der Waals surface area contributed by atoms with E-state index >= 15 is 0 Å². The van der Waals surface area contributed by atoms with Gasteiger partial charge < -0.3 is 10.6 Å². The molecule has 0 bridgehead atoms. The van der Waals surface area contributed by atoms with Crippen LogP contribution in [0.3, 0.4) is 0 Å². The second-order valence-electron chi connectivity index (χ2n) is 6.15. The molecule has 2 N–H and O–H groups in total. The van der Waals surface area contributed by atoms with Gasteiger partial charge in [-0.15, -0.1) is 0 Å². The summed E-state index contributed by atoms with van der Waals surface area (Å²) in [4.78, 5) is 22.5. The van der Waals surface area contributed by atoms with Crippen molar-refractivity contribution >= 4 is 11.8 Å². The Morgan fingerprint density at radius 1 is 1.00 bits per heavy atom. The fourth-order valence-corrected chi connectivity index (χ4v) is 3.26. The van der Waals surface area contributed by atoms with Gasteiger partial charge in [-0.05, 0) is 24.7 Å². The van der Waals surface area contributed by atoms with Crippen molar-refractivity contribution in [2.24, 2.45) is 5.41 Å². The van der Waals surface area contributed by atoms with Gasteiger partial charge in [0, 0.05) is 25.9 Å². The van der Waals surface area contributed by atoms with Crippen LogP contribution in [-0.4, -0.2) is 23.9 Å². The Morgan fingerprint density at radius 3 is 1.57 bits per heavy atom. The minimum absolute atomic E-state index is 0.0181. The summed E-state index contributed by atoms with van der Waals surface area (Å²) in [6, 6.07) is 0.376. The number of carbonyl (C=O) groups is 2. The van der Waals surface area contributed by atoms with E-state index in [0.29, 0.717) is 19.2 Å². The Bertz CT molecular complexity index is 304. The normalized spacial score (nSPS) is 23.3. The molecule has 4 nitrogen and oxygen atoms in total. The van der Waals surface area contributed by atoms with E-state index in [2.05, 4.69) is 34.9 Å². The summed E-state index contributed by atoms with van der Waals surface area (Å²) in [7, 11) is 0. The topological polar surface area (TPSA) is 58.2 Å². The van der Waals surface area contributed by atoms with E-state index in [1.807, 2.05) is 0 Å². The summed E-state index contributed by atoms with van der Waals surface area (Å²) >= 11 is 0.500. The minimum atomic E-state index is 0.0181. The second kappa shape index (κ2) is 10.4. The van der Waals surface area contributed by atoms with Crippen molar-refractivity contribution in [1.82, 2.24) is 10.6 Å². The van der Waals surface area contributed by atoms with Crippen LogP contribution in [0.25, 0.3) is 0 Å². The van der Waals surface area contributed by atoms with E-state index < -0.39 is 0 Å². The van der Waals surface area contributed by atoms with Gasteiger partial charge in [-0.1, -0.05) is 26.7 Å². The second-order valence-corrected chi connectivity index (χ2v) is 7.71. The van der Waals surface area contributed by atoms with Crippen LogP contribution in [0.15, 0.2) is 0 Å². The molecule has 2 atom stereocenters. The molecule has 0 saturated heterocycles. The van der Waals surface area contributed by atoms with E-state index in [1.165, 1.54) is 0 Å². The third-order valence-electron chi connectivity index (χ3n) is 4.24. The average Bonchev–Trinajstić information content (AvgIpc) is 2.37. The van der Waals surface area contributed by atoms with Crippen LogP contribution in [0, 0.1) is 5.41 Å². The van der Waals surface area contributed by atoms with Gasteiger partial charge in [0.1, 0.15) is 0 Å². The van der Waals surface area contributed by atoms with E-state index in [1.54, 1.807) is 13.8 Å². The zero-order valence-corrected chi connectivity index (χ0v) is 16.1. The van der Waals surface area contributed by atoms with Gasteiger partial charge >= 0.3 is 29.6 Å². The SMILES string of the molecule is CCC1(CC)CC(NC(C)=O)CC(NC(C)=O)C1.[CH3][Ti][CH3]. The summed E-state index contributed by atoms with van der Waals surface area (Å²) in [6.45, 7) is 7.51. The van der Waals surface area contributed by atoms with Gasteiger partial charge in [-0.2, -0.15) is 0 Å². The number of nitrogens with one attached hydrogen (secondary N) is 2. The van der Waals surface area contributed by atoms with E-state index in [0.717, 1.165) is 32.1 Å². The number of hydrogen-bond donors (Lipinski definition) is 2. The maximum atomic E-state index is 11.2. The van der Waals surface area contributed by atoms with Gasteiger partial charge in [-0.25, -0.2) is 0 Å². The molecule has 1 rings (SSSR count). The van der Waals surface area contributed by atoms with Crippen LogP contribution in [0.2, 0.25) is 10.5 Å². The first-order valence-electron chi connectivity index (χ1n) is 7.95. The van der Waals surface area contributed by atoms with Crippen LogP contribution >= 0.6 is 0 Å². The van der Waals surface area contributed by atoms with E-state index in [4.69, 9.17) is 0 Å². The van der Waals surface area contributed by atoms with Crippen molar-refractivity contribution in [3.63, 3.8) is 0 Å². The summed E-state index contributed by atoms with van der Waals surface area (Å²) < 4.78 is 0. The fourth-order valence-electron chi connectivity index (χ4n) is 3.26. The molecule has 2 unspecified atom stereocenters. The number of hydrogen-bond acceptors (Lipinski definition) is 2. The van der Waals surface area contributed by atoms with Gasteiger partial charge in [0.15, 0.2) is 0 Å². The van der Waals surface area contributed by atoms with Crippen molar-refractivity contribution in [2.45, 2.75) is 82.3 Å². The van der Waals surface area contributed by atoms with Crippen molar-refractivity contribution in [1.29, 1.82) is 0 Å². The molecular formula is C16H32N2O2Ti. The number of rotatable bonds is 4. The fraction of sp³-hybridized carbons (Fsp3) is 0.875. The molecule has 2 amide bonds. The average molecular weight is 332 g/mol. The van der Waals surface area contributed by atoms with Gasteiger partial charge in [0.25, 0.3) is 0 Å². The molecule has 0 aromatic carbocycles. The molecule has 0 aromatic rings. The number of carbonyl (C=O) groups excluding carboxylic acids is 2. The standard InChI is InChI=1S/C14H26N2O2.2CH3.Ti/c1-5-14(6-2)8-12(15-10(3)17)7-13(9-14)16-11(4)18;;;/h12-13H,5-9H2,1-4H3,(H,15,17)(H,16,18);2*1H3;.